The minimum absolute atomic E-state index is 0.0438. The number of amides is 1. The minimum atomic E-state index is 0.0438. The Labute approximate surface area is 136 Å². The molecule has 1 aromatic carbocycles. The Balaban J connectivity index is 1.82. The van der Waals surface area contributed by atoms with E-state index in [1.54, 1.807) is 12.1 Å². The summed E-state index contributed by atoms with van der Waals surface area (Å²) in [6.45, 7) is 7.38. The molecule has 0 bridgehead atoms. The van der Waals surface area contributed by atoms with E-state index in [1.807, 2.05) is 6.07 Å². The molecule has 2 unspecified atom stereocenters. The Bertz CT molecular complexity index is 497. The van der Waals surface area contributed by atoms with Gasteiger partial charge in [0, 0.05) is 29.7 Å². The molecule has 0 aromatic heterocycles. The zero-order chi connectivity index (χ0) is 15.4. The van der Waals surface area contributed by atoms with Gasteiger partial charge in [0.15, 0.2) is 0 Å². The molecule has 1 aromatic rings. The first-order valence-corrected chi connectivity index (χ1v) is 8.12. The van der Waals surface area contributed by atoms with E-state index in [0.717, 1.165) is 18.7 Å². The van der Waals surface area contributed by atoms with Crippen molar-refractivity contribution in [2.45, 2.75) is 26.8 Å². The molecule has 0 saturated carbocycles. The van der Waals surface area contributed by atoms with Gasteiger partial charge in [0.2, 0.25) is 5.91 Å². The number of hydrogen-bond acceptors (Lipinski definition) is 2. The molecule has 1 aliphatic heterocycles. The van der Waals surface area contributed by atoms with Crippen LogP contribution in [0.5, 0.6) is 0 Å². The molecule has 116 valence electrons. The standard InChI is InChI=1S/C16H22Cl2N2O/c1-11-5-12(2)9-20(8-11)10-16(21)19-7-13-3-4-14(17)6-15(13)18/h3-4,6,11-12H,5,7-10H2,1-2H3,(H,19,21). The van der Waals surface area contributed by atoms with Crippen molar-refractivity contribution in [3.8, 4) is 0 Å². The van der Waals surface area contributed by atoms with Crippen molar-refractivity contribution in [1.29, 1.82) is 0 Å². The van der Waals surface area contributed by atoms with Gasteiger partial charge < -0.3 is 5.32 Å². The van der Waals surface area contributed by atoms with Crippen LogP contribution in [-0.2, 0) is 11.3 Å². The predicted octanol–water partition coefficient (Wildman–Crippen LogP) is 3.59. The van der Waals surface area contributed by atoms with Crippen LogP contribution in [0.25, 0.3) is 0 Å². The number of hydrogen-bond donors (Lipinski definition) is 1. The van der Waals surface area contributed by atoms with Gasteiger partial charge in [-0.25, -0.2) is 0 Å². The van der Waals surface area contributed by atoms with Crippen molar-refractivity contribution >= 4 is 29.1 Å². The van der Waals surface area contributed by atoms with Crippen LogP contribution in [0, 0.1) is 11.8 Å². The molecule has 5 heteroatoms. The molecule has 0 spiro atoms. The van der Waals surface area contributed by atoms with Crippen molar-refractivity contribution in [3.05, 3.63) is 33.8 Å². The van der Waals surface area contributed by atoms with E-state index in [2.05, 4.69) is 24.1 Å². The van der Waals surface area contributed by atoms with Crippen LogP contribution in [0.4, 0.5) is 0 Å². The molecule has 2 atom stereocenters. The Morgan fingerprint density at radius 1 is 1.29 bits per heavy atom. The van der Waals surface area contributed by atoms with Gasteiger partial charge >= 0.3 is 0 Å². The largest absolute Gasteiger partial charge is 0.351 e. The number of likely N-dealkylation sites (tertiary alicyclic amines) is 1. The van der Waals surface area contributed by atoms with Crippen LogP contribution in [0.1, 0.15) is 25.8 Å². The van der Waals surface area contributed by atoms with Crippen molar-refractivity contribution in [2.75, 3.05) is 19.6 Å². The first-order valence-electron chi connectivity index (χ1n) is 7.37. The molecule has 1 fully saturated rings. The van der Waals surface area contributed by atoms with Crippen molar-refractivity contribution < 1.29 is 4.79 Å². The van der Waals surface area contributed by atoms with Gasteiger partial charge in [0.25, 0.3) is 0 Å². The lowest BCUT2D eigenvalue weighted by molar-refractivity contribution is -0.123. The molecular weight excluding hydrogens is 307 g/mol. The summed E-state index contributed by atoms with van der Waals surface area (Å²) < 4.78 is 0. The molecule has 21 heavy (non-hydrogen) atoms. The zero-order valence-electron chi connectivity index (χ0n) is 12.5. The fourth-order valence-corrected chi connectivity index (χ4v) is 3.51. The number of nitrogens with zero attached hydrogens (tertiary/aromatic N) is 1. The highest BCUT2D eigenvalue weighted by atomic mass is 35.5. The van der Waals surface area contributed by atoms with Gasteiger partial charge in [-0.05, 0) is 36.0 Å². The van der Waals surface area contributed by atoms with Crippen LogP contribution in [0.3, 0.4) is 0 Å². The molecule has 0 aliphatic carbocycles. The fraction of sp³-hybridized carbons (Fsp3) is 0.562. The Kier molecular flexibility index (Phi) is 5.91. The Morgan fingerprint density at radius 3 is 2.57 bits per heavy atom. The highest BCUT2D eigenvalue weighted by Gasteiger charge is 2.23. The van der Waals surface area contributed by atoms with Crippen molar-refractivity contribution in [2.24, 2.45) is 11.8 Å². The summed E-state index contributed by atoms with van der Waals surface area (Å²) in [5, 5.41) is 4.12. The number of halogens is 2. The third-order valence-corrected chi connectivity index (χ3v) is 4.39. The summed E-state index contributed by atoms with van der Waals surface area (Å²) in [5.41, 5.74) is 0.884. The third kappa shape index (κ3) is 5.17. The zero-order valence-corrected chi connectivity index (χ0v) is 14.0. The van der Waals surface area contributed by atoms with E-state index >= 15 is 0 Å². The van der Waals surface area contributed by atoms with Gasteiger partial charge in [-0.3, -0.25) is 9.69 Å². The first kappa shape index (κ1) is 16.6. The maximum absolute atomic E-state index is 12.1. The topological polar surface area (TPSA) is 32.3 Å². The van der Waals surface area contributed by atoms with Crippen LogP contribution in [0.15, 0.2) is 18.2 Å². The molecular formula is C16H22Cl2N2O. The highest BCUT2D eigenvalue weighted by molar-refractivity contribution is 6.35. The summed E-state index contributed by atoms with van der Waals surface area (Å²) in [4.78, 5) is 14.3. The minimum Gasteiger partial charge on any atom is -0.351 e. The van der Waals surface area contributed by atoms with E-state index in [1.165, 1.54) is 6.42 Å². The lowest BCUT2D eigenvalue weighted by Gasteiger charge is -2.34. The van der Waals surface area contributed by atoms with Gasteiger partial charge in [-0.1, -0.05) is 43.1 Å². The number of piperidine rings is 1. The van der Waals surface area contributed by atoms with E-state index in [0.29, 0.717) is 35.0 Å². The fourth-order valence-electron chi connectivity index (χ4n) is 3.04. The van der Waals surface area contributed by atoms with Gasteiger partial charge in [-0.2, -0.15) is 0 Å². The molecule has 3 nitrogen and oxygen atoms in total. The summed E-state index contributed by atoms with van der Waals surface area (Å²) in [7, 11) is 0. The molecule has 1 N–H and O–H groups in total. The number of carbonyl (C=O) groups is 1. The third-order valence-electron chi connectivity index (χ3n) is 3.80. The van der Waals surface area contributed by atoms with E-state index in [9.17, 15) is 4.79 Å². The van der Waals surface area contributed by atoms with Gasteiger partial charge in [0.05, 0.1) is 6.54 Å². The predicted molar refractivity (Wildman–Crippen MR) is 87.7 cm³/mol. The van der Waals surface area contributed by atoms with E-state index < -0.39 is 0 Å². The quantitative estimate of drug-likeness (QED) is 0.916. The average Bonchev–Trinajstić information content (AvgIpc) is 2.36. The summed E-state index contributed by atoms with van der Waals surface area (Å²) >= 11 is 12.0. The normalized spacial score (nSPS) is 23.0. The molecule has 1 amide bonds. The smallest absolute Gasteiger partial charge is 0.234 e. The molecule has 2 rings (SSSR count). The lowest BCUT2D eigenvalue weighted by Crippen LogP contribution is -2.44. The summed E-state index contributed by atoms with van der Waals surface area (Å²) in [6.07, 6.45) is 1.25. The maximum atomic E-state index is 12.1. The van der Waals surface area contributed by atoms with Gasteiger partial charge in [-0.15, -0.1) is 0 Å². The Hall–Kier alpha value is -0.770. The second kappa shape index (κ2) is 7.48. The highest BCUT2D eigenvalue weighted by Crippen LogP contribution is 2.21. The lowest BCUT2D eigenvalue weighted by atomic mass is 9.92. The van der Waals surface area contributed by atoms with Gasteiger partial charge in [0.1, 0.15) is 0 Å². The second-order valence-electron chi connectivity index (χ2n) is 6.15. The number of rotatable bonds is 4. The van der Waals surface area contributed by atoms with Crippen molar-refractivity contribution in [1.82, 2.24) is 10.2 Å². The van der Waals surface area contributed by atoms with Crippen molar-refractivity contribution in [3.63, 3.8) is 0 Å². The molecule has 0 radical (unpaired) electrons. The van der Waals surface area contributed by atoms with Crippen LogP contribution in [0.2, 0.25) is 10.0 Å². The molecule has 1 heterocycles. The summed E-state index contributed by atoms with van der Waals surface area (Å²) in [5.74, 6) is 1.36. The maximum Gasteiger partial charge on any atom is 0.234 e. The number of benzene rings is 1. The molecule has 1 saturated heterocycles. The van der Waals surface area contributed by atoms with E-state index in [-0.39, 0.29) is 5.91 Å². The summed E-state index contributed by atoms with van der Waals surface area (Å²) in [6, 6.07) is 5.32. The SMILES string of the molecule is CC1CC(C)CN(CC(=O)NCc2ccc(Cl)cc2Cl)C1. The molecule has 1 aliphatic rings. The monoisotopic (exact) mass is 328 g/mol. The Morgan fingerprint density at radius 2 is 1.95 bits per heavy atom. The first-order chi connectivity index (χ1) is 9.94. The number of nitrogens with one attached hydrogen (secondary N) is 1. The number of carbonyl (C=O) groups excluding carboxylic acids is 1. The van der Waals surface area contributed by atoms with Crippen LogP contribution >= 0.6 is 23.2 Å². The average molecular weight is 329 g/mol. The second-order valence-corrected chi connectivity index (χ2v) is 7.00. The van der Waals surface area contributed by atoms with E-state index in [4.69, 9.17) is 23.2 Å². The van der Waals surface area contributed by atoms with Crippen LogP contribution < -0.4 is 5.32 Å². The van der Waals surface area contributed by atoms with Crippen LogP contribution in [-0.4, -0.2) is 30.4 Å².